The maximum atomic E-state index is 12.5. The van der Waals surface area contributed by atoms with Gasteiger partial charge in [-0.05, 0) is 25.3 Å². The fourth-order valence-electron chi connectivity index (χ4n) is 1.16. The van der Waals surface area contributed by atoms with Crippen molar-refractivity contribution in [1.29, 1.82) is 0 Å². The fraction of sp³-hybridized carbons (Fsp3) is 0.364. The van der Waals surface area contributed by atoms with Gasteiger partial charge in [-0.1, -0.05) is 23.2 Å². The van der Waals surface area contributed by atoms with Crippen molar-refractivity contribution >= 4 is 46.6 Å². The Balaban J connectivity index is 3.07. The van der Waals surface area contributed by atoms with Gasteiger partial charge in [-0.15, -0.1) is 11.8 Å². The van der Waals surface area contributed by atoms with Crippen LogP contribution in [0, 0.1) is 0 Å². The molecule has 1 amide bonds. The van der Waals surface area contributed by atoms with Crippen molar-refractivity contribution in [3.05, 3.63) is 22.2 Å². The van der Waals surface area contributed by atoms with E-state index in [0.717, 1.165) is 0 Å². The first-order valence-corrected chi connectivity index (χ1v) is 7.13. The number of thioether (sulfide) groups is 1. The Bertz CT molecular complexity index is 535. The zero-order chi connectivity index (χ0) is 15.7. The molecule has 0 bridgehead atoms. The number of halogens is 5. The molecule has 0 aliphatic carbocycles. The largest absolute Gasteiger partial charge is 0.426 e. The van der Waals surface area contributed by atoms with Crippen LogP contribution in [0.5, 0.6) is 0 Å². The van der Waals surface area contributed by atoms with E-state index in [1.807, 2.05) is 5.32 Å². The van der Waals surface area contributed by atoms with Crippen LogP contribution >= 0.6 is 35.0 Å². The molecular weight excluding hydrogens is 338 g/mol. The highest BCUT2D eigenvalue weighted by Gasteiger charge is 2.55. The van der Waals surface area contributed by atoms with Gasteiger partial charge in [0.05, 0.1) is 15.7 Å². The maximum absolute atomic E-state index is 12.5. The Labute approximate surface area is 127 Å². The second-order valence-electron chi connectivity index (χ2n) is 3.97. The lowest BCUT2D eigenvalue weighted by molar-refractivity contribution is -0.242. The zero-order valence-corrected chi connectivity index (χ0v) is 12.6. The van der Waals surface area contributed by atoms with Gasteiger partial charge >= 0.3 is 6.18 Å². The van der Waals surface area contributed by atoms with Crippen molar-refractivity contribution in [2.24, 2.45) is 0 Å². The molecular formula is C11H10Cl2F3NO2S. The van der Waals surface area contributed by atoms with Crippen LogP contribution in [0.25, 0.3) is 0 Å². The number of carbonyl (C=O) groups excluding carboxylic acids is 1. The Morgan fingerprint density at radius 1 is 1.30 bits per heavy atom. The van der Waals surface area contributed by atoms with Crippen LogP contribution in [-0.4, -0.2) is 29.0 Å². The molecule has 1 atom stereocenters. The molecule has 2 N–H and O–H groups in total. The van der Waals surface area contributed by atoms with E-state index in [0.29, 0.717) is 11.8 Å². The molecule has 1 rings (SSSR count). The number of amides is 1. The molecule has 0 heterocycles. The smallest absolute Gasteiger partial charge is 0.373 e. The number of anilines is 1. The van der Waals surface area contributed by atoms with Crippen molar-refractivity contribution in [2.75, 3.05) is 11.6 Å². The summed E-state index contributed by atoms with van der Waals surface area (Å²) in [6.45, 7) is 0.355. The molecule has 0 unspecified atom stereocenters. The van der Waals surface area contributed by atoms with Crippen LogP contribution in [-0.2, 0) is 4.79 Å². The first-order valence-electron chi connectivity index (χ1n) is 5.15. The molecule has 9 heteroatoms. The van der Waals surface area contributed by atoms with Gasteiger partial charge in [0.2, 0.25) is 5.60 Å². The van der Waals surface area contributed by atoms with Crippen LogP contribution < -0.4 is 5.32 Å². The number of hydrogen-bond donors (Lipinski definition) is 2. The van der Waals surface area contributed by atoms with Crippen LogP contribution in [0.3, 0.4) is 0 Å². The molecule has 0 aliphatic rings. The molecule has 0 radical (unpaired) electrons. The molecule has 0 fully saturated rings. The number of benzene rings is 1. The van der Waals surface area contributed by atoms with Gasteiger partial charge in [0, 0.05) is 4.90 Å². The quantitative estimate of drug-likeness (QED) is 0.813. The van der Waals surface area contributed by atoms with Crippen molar-refractivity contribution < 1.29 is 23.1 Å². The number of hydrogen-bond acceptors (Lipinski definition) is 3. The summed E-state index contributed by atoms with van der Waals surface area (Å²) in [6, 6.07) is 2.81. The first kappa shape index (κ1) is 17.4. The summed E-state index contributed by atoms with van der Waals surface area (Å²) in [5.41, 5.74) is -3.63. The third kappa shape index (κ3) is 3.33. The van der Waals surface area contributed by atoms with Gasteiger partial charge in [0.15, 0.2) is 0 Å². The Kier molecular flexibility index (Phi) is 5.23. The highest BCUT2D eigenvalue weighted by atomic mass is 35.5. The number of alkyl halides is 3. The van der Waals surface area contributed by atoms with E-state index in [1.54, 1.807) is 6.26 Å². The molecule has 0 spiro atoms. The highest BCUT2D eigenvalue weighted by molar-refractivity contribution is 7.98. The van der Waals surface area contributed by atoms with E-state index in [9.17, 15) is 23.1 Å². The number of aliphatic hydroxyl groups is 1. The molecule has 0 saturated heterocycles. The van der Waals surface area contributed by atoms with Gasteiger partial charge in [0.25, 0.3) is 5.91 Å². The van der Waals surface area contributed by atoms with Crippen LogP contribution in [0.2, 0.25) is 10.0 Å². The lowest BCUT2D eigenvalue weighted by Crippen LogP contribution is -2.52. The fourth-order valence-corrected chi connectivity index (χ4v) is 2.31. The second kappa shape index (κ2) is 6.01. The number of carbonyl (C=O) groups is 1. The van der Waals surface area contributed by atoms with E-state index in [4.69, 9.17) is 23.2 Å². The van der Waals surface area contributed by atoms with E-state index >= 15 is 0 Å². The SMILES string of the molecule is CSc1ccc(NC(=O)[C@@](C)(O)C(F)(F)F)c(Cl)c1Cl. The van der Waals surface area contributed by atoms with Gasteiger partial charge in [-0.25, -0.2) is 0 Å². The Morgan fingerprint density at radius 3 is 2.30 bits per heavy atom. The van der Waals surface area contributed by atoms with Gasteiger partial charge in [0.1, 0.15) is 0 Å². The summed E-state index contributed by atoms with van der Waals surface area (Å²) < 4.78 is 37.5. The summed E-state index contributed by atoms with van der Waals surface area (Å²) in [7, 11) is 0. The molecule has 0 saturated carbocycles. The minimum Gasteiger partial charge on any atom is -0.373 e. The second-order valence-corrected chi connectivity index (χ2v) is 5.57. The minimum absolute atomic E-state index is 0.0927. The number of rotatable bonds is 3. The summed E-state index contributed by atoms with van der Waals surface area (Å²) in [6.07, 6.45) is -3.36. The zero-order valence-electron chi connectivity index (χ0n) is 10.3. The van der Waals surface area contributed by atoms with Crippen LogP contribution in [0.15, 0.2) is 17.0 Å². The van der Waals surface area contributed by atoms with E-state index in [-0.39, 0.29) is 15.7 Å². The molecule has 0 aromatic heterocycles. The molecule has 1 aromatic carbocycles. The summed E-state index contributed by atoms with van der Waals surface area (Å²) in [5, 5.41) is 11.2. The summed E-state index contributed by atoms with van der Waals surface area (Å²) in [5.74, 6) is -1.64. The molecule has 1 aromatic rings. The van der Waals surface area contributed by atoms with Crippen molar-refractivity contribution in [3.63, 3.8) is 0 Å². The number of nitrogens with one attached hydrogen (secondary N) is 1. The summed E-state index contributed by atoms with van der Waals surface area (Å²) >= 11 is 13.0. The molecule has 3 nitrogen and oxygen atoms in total. The third-order valence-corrected chi connectivity index (χ3v) is 4.28. The van der Waals surface area contributed by atoms with Crippen molar-refractivity contribution in [3.8, 4) is 0 Å². The summed E-state index contributed by atoms with van der Waals surface area (Å²) in [4.78, 5) is 12.1. The van der Waals surface area contributed by atoms with E-state index < -0.39 is 17.7 Å². The van der Waals surface area contributed by atoms with Crippen LogP contribution in [0.1, 0.15) is 6.92 Å². The molecule has 112 valence electrons. The predicted molar refractivity (Wildman–Crippen MR) is 73.6 cm³/mol. The standard InChI is InChI=1S/C11H10Cl2F3NO2S/c1-10(19,11(14,15)16)9(18)17-5-3-4-6(20-2)8(13)7(5)12/h3-4,19H,1-2H3,(H,17,18)/t10-/m1/s1. The molecule has 20 heavy (non-hydrogen) atoms. The first-order chi connectivity index (χ1) is 9.02. The highest BCUT2D eigenvalue weighted by Crippen LogP contribution is 2.38. The van der Waals surface area contributed by atoms with E-state index in [1.165, 1.54) is 23.9 Å². The lowest BCUT2D eigenvalue weighted by atomic mass is 10.1. The maximum Gasteiger partial charge on any atom is 0.426 e. The van der Waals surface area contributed by atoms with Gasteiger partial charge < -0.3 is 10.4 Å². The van der Waals surface area contributed by atoms with Crippen LogP contribution in [0.4, 0.5) is 18.9 Å². The third-order valence-electron chi connectivity index (χ3n) is 2.51. The Hall–Kier alpha value is -0.630. The Morgan fingerprint density at radius 2 is 1.85 bits per heavy atom. The van der Waals surface area contributed by atoms with Gasteiger partial charge in [-0.2, -0.15) is 13.2 Å². The normalized spacial score (nSPS) is 14.8. The monoisotopic (exact) mass is 347 g/mol. The van der Waals surface area contributed by atoms with Crippen molar-refractivity contribution in [2.45, 2.75) is 23.6 Å². The van der Waals surface area contributed by atoms with Gasteiger partial charge in [-0.3, -0.25) is 4.79 Å². The predicted octanol–water partition coefficient (Wildman–Crippen LogP) is 3.97. The lowest BCUT2D eigenvalue weighted by Gasteiger charge is -2.25. The average Bonchev–Trinajstić information content (AvgIpc) is 2.33. The van der Waals surface area contributed by atoms with Crippen molar-refractivity contribution in [1.82, 2.24) is 0 Å². The minimum atomic E-state index is -5.10. The van der Waals surface area contributed by atoms with E-state index in [2.05, 4.69) is 0 Å². The average molecular weight is 348 g/mol. The topological polar surface area (TPSA) is 49.3 Å². The molecule has 0 aliphatic heterocycles.